The zero-order chi connectivity index (χ0) is 19.7. The molecule has 3 rings (SSSR count). The van der Waals surface area contributed by atoms with Crippen LogP contribution >= 0.6 is 0 Å². The first-order valence-corrected chi connectivity index (χ1v) is 9.70. The molecule has 2 saturated heterocycles. The Balaban J connectivity index is 1.88. The summed E-state index contributed by atoms with van der Waals surface area (Å²) in [6, 6.07) is 10.1. The maximum absolute atomic E-state index is 13.0. The van der Waals surface area contributed by atoms with E-state index in [9.17, 15) is 9.90 Å². The number of piperazine rings is 1. The van der Waals surface area contributed by atoms with Crippen LogP contribution in [0.4, 0.5) is 4.79 Å². The van der Waals surface area contributed by atoms with Gasteiger partial charge in [-0.1, -0.05) is 30.3 Å². The van der Waals surface area contributed by atoms with Crippen LogP contribution < -0.4 is 0 Å². The van der Waals surface area contributed by atoms with Gasteiger partial charge in [-0.15, -0.1) is 0 Å². The lowest BCUT2D eigenvalue weighted by Crippen LogP contribution is -2.69. The Morgan fingerprint density at radius 3 is 2.59 bits per heavy atom. The van der Waals surface area contributed by atoms with Crippen molar-refractivity contribution >= 4 is 6.09 Å². The number of methoxy groups -OCH3 is 1. The second-order valence-corrected chi connectivity index (χ2v) is 8.75. The van der Waals surface area contributed by atoms with Gasteiger partial charge in [-0.2, -0.15) is 0 Å². The standard InChI is InChI=1S/C21H32N2O4/c1-20(2,3)27-19(25)23-17-10-11-21(23,15-26-4)14-22(18(17)13-24)12-16-8-6-5-7-9-16/h5-9,17-18,24H,10-15H2,1-4H3/t17-,18+,21+/m0/s1. The van der Waals surface area contributed by atoms with E-state index >= 15 is 0 Å². The van der Waals surface area contributed by atoms with Crippen LogP contribution in [0.3, 0.4) is 0 Å². The summed E-state index contributed by atoms with van der Waals surface area (Å²) in [4.78, 5) is 17.2. The number of rotatable bonds is 5. The van der Waals surface area contributed by atoms with Crippen LogP contribution in [-0.2, 0) is 16.0 Å². The number of amides is 1. The Bertz CT molecular complexity index is 645. The van der Waals surface area contributed by atoms with Crippen molar-refractivity contribution in [2.24, 2.45) is 0 Å². The van der Waals surface area contributed by atoms with Crippen molar-refractivity contribution in [2.75, 3.05) is 26.9 Å². The lowest BCUT2D eigenvalue weighted by Gasteiger charge is -2.52. The SMILES string of the molecule is COC[C@@]12CC[C@@H]([C@@H](CO)N(Cc3ccccc3)C1)N2C(=O)OC(C)(C)C. The quantitative estimate of drug-likeness (QED) is 0.856. The van der Waals surface area contributed by atoms with Crippen LogP contribution in [0.1, 0.15) is 39.2 Å². The van der Waals surface area contributed by atoms with Crippen molar-refractivity contribution in [1.82, 2.24) is 9.80 Å². The number of fused-ring (bicyclic) bond motifs is 2. The van der Waals surface area contributed by atoms with E-state index in [4.69, 9.17) is 9.47 Å². The molecule has 0 aliphatic carbocycles. The molecule has 0 aromatic heterocycles. The Kier molecular flexibility index (Phi) is 5.79. The Morgan fingerprint density at radius 2 is 2.00 bits per heavy atom. The predicted octanol–water partition coefficient (Wildman–Crippen LogP) is 2.65. The minimum Gasteiger partial charge on any atom is -0.444 e. The second-order valence-electron chi connectivity index (χ2n) is 8.75. The highest BCUT2D eigenvalue weighted by Gasteiger charge is 2.58. The van der Waals surface area contributed by atoms with E-state index < -0.39 is 11.1 Å². The molecule has 0 unspecified atom stereocenters. The highest BCUT2D eigenvalue weighted by atomic mass is 16.6. The summed E-state index contributed by atoms with van der Waals surface area (Å²) in [7, 11) is 1.68. The topological polar surface area (TPSA) is 62.2 Å². The first-order valence-electron chi connectivity index (χ1n) is 9.70. The summed E-state index contributed by atoms with van der Waals surface area (Å²) in [5.74, 6) is 0. The lowest BCUT2D eigenvalue weighted by molar-refractivity contribution is -0.0860. The molecule has 2 fully saturated rings. The van der Waals surface area contributed by atoms with Gasteiger partial charge in [0.05, 0.1) is 30.8 Å². The molecular formula is C21H32N2O4. The van der Waals surface area contributed by atoms with Gasteiger partial charge in [0.1, 0.15) is 5.60 Å². The van der Waals surface area contributed by atoms with Gasteiger partial charge in [-0.3, -0.25) is 9.80 Å². The van der Waals surface area contributed by atoms with Crippen LogP contribution in [0.2, 0.25) is 0 Å². The van der Waals surface area contributed by atoms with Crippen molar-refractivity contribution in [3.8, 4) is 0 Å². The number of hydrogen-bond acceptors (Lipinski definition) is 5. The van der Waals surface area contributed by atoms with Gasteiger partial charge in [0, 0.05) is 20.2 Å². The molecule has 1 aromatic rings. The average Bonchev–Trinajstić information content (AvgIpc) is 2.87. The van der Waals surface area contributed by atoms with E-state index in [0.717, 1.165) is 19.4 Å². The molecule has 6 nitrogen and oxygen atoms in total. The van der Waals surface area contributed by atoms with E-state index in [1.54, 1.807) is 7.11 Å². The molecule has 0 saturated carbocycles. The molecular weight excluding hydrogens is 344 g/mol. The highest BCUT2D eigenvalue weighted by Crippen LogP contribution is 2.43. The summed E-state index contributed by atoms with van der Waals surface area (Å²) in [5, 5.41) is 10.2. The van der Waals surface area contributed by atoms with E-state index in [1.165, 1.54) is 5.56 Å². The molecule has 2 heterocycles. The highest BCUT2D eigenvalue weighted by molar-refractivity contribution is 5.71. The van der Waals surface area contributed by atoms with E-state index in [2.05, 4.69) is 17.0 Å². The summed E-state index contributed by atoms with van der Waals surface area (Å²) in [6.07, 6.45) is 1.39. The Morgan fingerprint density at radius 1 is 1.30 bits per heavy atom. The number of benzene rings is 1. The van der Waals surface area contributed by atoms with Gasteiger partial charge in [0.2, 0.25) is 0 Å². The maximum atomic E-state index is 13.0. The minimum absolute atomic E-state index is 0.0138. The smallest absolute Gasteiger partial charge is 0.411 e. The van der Waals surface area contributed by atoms with E-state index in [1.807, 2.05) is 43.9 Å². The molecule has 150 valence electrons. The average molecular weight is 376 g/mol. The largest absolute Gasteiger partial charge is 0.444 e. The van der Waals surface area contributed by atoms with Crippen LogP contribution in [0.25, 0.3) is 0 Å². The molecule has 6 heteroatoms. The van der Waals surface area contributed by atoms with Gasteiger partial charge >= 0.3 is 6.09 Å². The molecule has 0 spiro atoms. The summed E-state index contributed by atoms with van der Waals surface area (Å²) < 4.78 is 11.2. The third-order valence-electron chi connectivity index (χ3n) is 5.58. The molecule has 1 amide bonds. The normalized spacial score (nSPS) is 28.4. The molecule has 2 aliphatic rings. The lowest BCUT2D eigenvalue weighted by atomic mass is 9.94. The Labute approximate surface area is 162 Å². The number of ether oxygens (including phenoxy) is 2. The maximum Gasteiger partial charge on any atom is 0.411 e. The van der Waals surface area contributed by atoms with Crippen molar-refractivity contribution < 1.29 is 19.4 Å². The molecule has 2 aliphatic heterocycles. The van der Waals surface area contributed by atoms with Crippen molar-refractivity contribution in [3.63, 3.8) is 0 Å². The molecule has 0 radical (unpaired) electrons. The third kappa shape index (κ3) is 4.13. The fourth-order valence-corrected chi connectivity index (χ4v) is 4.60. The number of aliphatic hydroxyl groups is 1. The van der Waals surface area contributed by atoms with Gasteiger partial charge in [-0.05, 0) is 39.2 Å². The van der Waals surface area contributed by atoms with Crippen LogP contribution in [0.5, 0.6) is 0 Å². The third-order valence-corrected chi connectivity index (χ3v) is 5.58. The van der Waals surface area contributed by atoms with Crippen molar-refractivity contribution in [2.45, 2.75) is 63.4 Å². The van der Waals surface area contributed by atoms with Crippen LogP contribution in [0, 0.1) is 0 Å². The number of carbonyl (C=O) groups excluding carboxylic acids is 1. The fraction of sp³-hybridized carbons (Fsp3) is 0.667. The first kappa shape index (κ1) is 20.1. The van der Waals surface area contributed by atoms with Gasteiger partial charge in [0.15, 0.2) is 0 Å². The van der Waals surface area contributed by atoms with Gasteiger partial charge in [0.25, 0.3) is 0 Å². The molecule has 27 heavy (non-hydrogen) atoms. The first-order chi connectivity index (χ1) is 12.8. The van der Waals surface area contributed by atoms with Gasteiger partial charge in [-0.25, -0.2) is 4.79 Å². The predicted molar refractivity (Wildman–Crippen MR) is 103 cm³/mol. The van der Waals surface area contributed by atoms with Crippen LogP contribution in [0.15, 0.2) is 30.3 Å². The second kappa shape index (κ2) is 7.78. The fourth-order valence-electron chi connectivity index (χ4n) is 4.60. The summed E-state index contributed by atoms with van der Waals surface area (Å²) >= 11 is 0. The van der Waals surface area contributed by atoms with Crippen molar-refractivity contribution in [1.29, 1.82) is 0 Å². The molecule has 2 bridgehead atoms. The van der Waals surface area contributed by atoms with E-state index in [0.29, 0.717) is 13.2 Å². The summed E-state index contributed by atoms with van der Waals surface area (Å²) in [5.41, 5.74) is 0.233. The molecule has 1 N–H and O–H groups in total. The van der Waals surface area contributed by atoms with Crippen LogP contribution in [-0.4, -0.2) is 71.1 Å². The molecule has 3 atom stereocenters. The number of hydrogen-bond donors (Lipinski definition) is 1. The van der Waals surface area contributed by atoms with Crippen molar-refractivity contribution in [3.05, 3.63) is 35.9 Å². The molecule has 1 aromatic carbocycles. The number of likely N-dealkylation sites (tertiary alicyclic amines) is 1. The summed E-state index contributed by atoms with van der Waals surface area (Å²) in [6.45, 7) is 7.53. The van der Waals surface area contributed by atoms with Gasteiger partial charge < -0.3 is 14.6 Å². The zero-order valence-electron chi connectivity index (χ0n) is 16.9. The monoisotopic (exact) mass is 376 g/mol. The number of nitrogens with zero attached hydrogens (tertiary/aromatic N) is 2. The zero-order valence-corrected chi connectivity index (χ0v) is 16.9. The minimum atomic E-state index is -0.555. The number of carbonyl (C=O) groups is 1. The van der Waals surface area contributed by atoms with E-state index in [-0.39, 0.29) is 24.8 Å². The number of aliphatic hydroxyl groups excluding tert-OH is 1. The Hall–Kier alpha value is -1.63.